The van der Waals surface area contributed by atoms with Gasteiger partial charge in [0.05, 0.1) is 18.7 Å². The molecule has 1 fully saturated rings. The minimum Gasteiger partial charge on any atom is -0.367 e. The fourth-order valence-corrected chi connectivity index (χ4v) is 4.97. The zero-order valence-electron chi connectivity index (χ0n) is 19.3. The second kappa shape index (κ2) is 11.2. The van der Waals surface area contributed by atoms with Gasteiger partial charge in [-0.1, -0.05) is 12.1 Å². The Kier molecular flexibility index (Phi) is 8.16. The van der Waals surface area contributed by atoms with Crippen LogP contribution in [0.5, 0.6) is 0 Å². The fraction of sp³-hybridized carbons (Fsp3) is 0.364. The lowest BCUT2D eigenvalue weighted by Gasteiger charge is -2.15. The van der Waals surface area contributed by atoms with Crippen molar-refractivity contribution in [2.45, 2.75) is 42.3 Å². The van der Waals surface area contributed by atoms with Crippen molar-refractivity contribution in [3.05, 3.63) is 65.9 Å². The highest BCUT2D eigenvalue weighted by atomic mass is 32.2. The molecule has 1 aliphatic carbocycles. The van der Waals surface area contributed by atoms with Crippen molar-refractivity contribution in [3.8, 4) is 0 Å². The molecule has 2 heterocycles. The molecule has 3 aromatic rings. The first kappa shape index (κ1) is 27.0. The molecule has 1 saturated carbocycles. The van der Waals surface area contributed by atoms with Crippen molar-refractivity contribution in [2.24, 2.45) is 11.1 Å². The maximum Gasteiger partial charge on any atom is 0.446 e. The summed E-state index contributed by atoms with van der Waals surface area (Å²) in [6.07, 6.45) is 6.38. The van der Waals surface area contributed by atoms with E-state index >= 15 is 0 Å². The summed E-state index contributed by atoms with van der Waals surface area (Å²) >= 11 is -0.183. The SMILES string of the molecule is NS(=O)(=O)OC[C@@H]1CC[C@H](Nc2ncncc2C(=O)c2ccn(Cc3ccc(SC(F)(F)F)cc3)n2)C1. The number of halogens is 3. The number of anilines is 1. The van der Waals surface area contributed by atoms with E-state index in [0.29, 0.717) is 12.2 Å². The van der Waals surface area contributed by atoms with Gasteiger partial charge in [-0.2, -0.15) is 26.7 Å². The maximum atomic E-state index is 13.2. The molecule has 37 heavy (non-hydrogen) atoms. The molecule has 0 saturated heterocycles. The molecule has 15 heteroatoms. The number of carbonyl (C=O) groups is 1. The number of hydrogen-bond donors (Lipinski definition) is 2. The molecule has 0 spiro atoms. The zero-order valence-corrected chi connectivity index (χ0v) is 20.9. The van der Waals surface area contributed by atoms with Crippen LogP contribution in [0.15, 0.2) is 53.9 Å². The lowest BCUT2D eigenvalue weighted by molar-refractivity contribution is -0.0328. The average molecular weight is 557 g/mol. The van der Waals surface area contributed by atoms with Gasteiger partial charge >= 0.3 is 15.8 Å². The van der Waals surface area contributed by atoms with Gasteiger partial charge in [-0.25, -0.2) is 15.1 Å². The third-order valence-corrected chi connectivity index (χ3v) is 6.89. The van der Waals surface area contributed by atoms with E-state index in [1.54, 1.807) is 24.4 Å². The van der Waals surface area contributed by atoms with Crippen LogP contribution in [0.25, 0.3) is 0 Å². The number of thioether (sulfide) groups is 1. The van der Waals surface area contributed by atoms with E-state index in [-0.39, 0.29) is 53.0 Å². The Balaban J connectivity index is 1.39. The molecule has 198 valence electrons. The summed E-state index contributed by atoms with van der Waals surface area (Å²) in [4.78, 5) is 21.4. The Morgan fingerprint density at radius 3 is 2.68 bits per heavy atom. The number of ketones is 1. The van der Waals surface area contributed by atoms with Gasteiger partial charge in [0.1, 0.15) is 17.8 Å². The van der Waals surface area contributed by atoms with E-state index in [0.717, 1.165) is 18.4 Å². The van der Waals surface area contributed by atoms with Crippen LogP contribution < -0.4 is 10.5 Å². The molecule has 0 bridgehead atoms. The van der Waals surface area contributed by atoms with Gasteiger partial charge < -0.3 is 5.32 Å². The standard InChI is InChI=1S/C22H23F3N6O4S2/c23-22(24,25)36-17-5-2-14(3-6-17)11-31-8-7-19(30-31)20(32)18-10-27-13-28-21(18)29-16-4-1-15(9-16)12-35-37(26,33)34/h2-3,5-8,10,13,15-16H,1,4,9,11-12H2,(H2,26,33,34)(H,27,28,29)/t15-,16+/m1/s1. The highest BCUT2D eigenvalue weighted by molar-refractivity contribution is 8.00. The normalized spacial score (nSPS) is 18.2. The van der Waals surface area contributed by atoms with Gasteiger partial charge in [-0.3, -0.25) is 13.7 Å². The summed E-state index contributed by atoms with van der Waals surface area (Å²) in [6, 6.07) is 7.42. The van der Waals surface area contributed by atoms with Crippen LogP contribution in [-0.4, -0.2) is 52.1 Å². The third kappa shape index (κ3) is 7.99. The number of rotatable bonds is 10. The predicted octanol–water partition coefficient (Wildman–Crippen LogP) is 3.37. The molecule has 3 N–H and O–H groups in total. The second-order valence-electron chi connectivity index (χ2n) is 8.50. The molecule has 0 aliphatic heterocycles. The molecule has 1 aliphatic rings. The minimum atomic E-state index is -4.35. The van der Waals surface area contributed by atoms with Crippen LogP contribution in [0, 0.1) is 5.92 Å². The van der Waals surface area contributed by atoms with Crippen LogP contribution in [0.2, 0.25) is 0 Å². The largest absolute Gasteiger partial charge is 0.446 e. The van der Waals surface area contributed by atoms with Crippen molar-refractivity contribution < 1.29 is 30.6 Å². The van der Waals surface area contributed by atoms with E-state index in [1.165, 1.54) is 29.3 Å². The second-order valence-corrected chi connectivity index (χ2v) is 10.9. The molecule has 10 nitrogen and oxygen atoms in total. The van der Waals surface area contributed by atoms with E-state index in [9.17, 15) is 26.4 Å². The fourth-order valence-electron chi connectivity index (χ4n) is 4.05. The quantitative estimate of drug-likeness (QED) is 0.284. The number of benzene rings is 1. The van der Waals surface area contributed by atoms with Crippen LogP contribution in [0.3, 0.4) is 0 Å². The summed E-state index contributed by atoms with van der Waals surface area (Å²) < 4.78 is 65.8. The Morgan fingerprint density at radius 1 is 1.22 bits per heavy atom. The molecule has 4 rings (SSSR count). The monoisotopic (exact) mass is 556 g/mol. The van der Waals surface area contributed by atoms with E-state index < -0.39 is 21.6 Å². The molecule has 2 atom stereocenters. The number of hydrogen-bond acceptors (Lipinski definition) is 9. The summed E-state index contributed by atoms with van der Waals surface area (Å²) in [6.45, 7) is 0.262. The first-order chi connectivity index (χ1) is 17.4. The number of alkyl halides is 3. The lowest BCUT2D eigenvalue weighted by Crippen LogP contribution is -2.22. The molecule has 2 aromatic heterocycles. The highest BCUT2D eigenvalue weighted by Crippen LogP contribution is 2.36. The van der Waals surface area contributed by atoms with Crippen molar-refractivity contribution >= 4 is 33.7 Å². The van der Waals surface area contributed by atoms with Crippen molar-refractivity contribution in [2.75, 3.05) is 11.9 Å². The zero-order chi connectivity index (χ0) is 26.6. The van der Waals surface area contributed by atoms with E-state index in [4.69, 9.17) is 5.14 Å². The van der Waals surface area contributed by atoms with Gasteiger partial charge in [-0.15, -0.1) is 0 Å². The van der Waals surface area contributed by atoms with Gasteiger partial charge in [0.2, 0.25) is 5.78 Å². The lowest BCUT2D eigenvalue weighted by atomic mass is 10.1. The molecular formula is C22H23F3N6O4S2. The van der Waals surface area contributed by atoms with Gasteiger partial charge in [0.15, 0.2) is 0 Å². The number of nitrogens with zero attached hydrogens (tertiary/aromatic N) is 4. The third-order valence-electron chi connectivity index (χ3n) is 5.68. The summed E-state index contributed by atoms with van der Waals surface area (Å²) in [5.74, 6) is -0.0650. The van der Waals surface area contributed by atoms with Crippen LogP contribution in [-0.2, 0) is 21.0 Å². The number of carbonyl (C=O) groups excluding carboxylic acids is 1. The van der Waals surface area contributed by atoms with Gasteiger partial charge in [0.25, 0.3) is 0 Å². The smallest absolute Gasteiger partial charge is 0.367 e. The van der Waals surface area contributed by atoms with Crippen LogP contribution in [0.4, 0.5) is 19.0 Å². The predicted molar refractivity (Wildman–Crippen MR) is 129 cm³/mol. The van der Waals surface area contributed by atoms with Crippen molar-refractivity contribution in [3.63, 3.8) is 0 Å². The average Bonchev–Trinajstić information content (AvgIpc) is 3.47. The molecule has 0 radical (unpaired) electrons. The summed E-state index contributed by atoms with van der Waals surface area (Å²) in [5.41, 5.74) is -3.24. The summed E-state index contributed by atoms with van der Waals surface area (Å²) in [5, 5.41) is 12.4. The molecular weight excluding hydrogens is 533 g/mol. The summed E-state index contributed by atoms with van der Waals surface area (Å²) in [7, 11) is -4.00. The van der Waals surface area contributed by atoms with Crippen LogP contribution in [0.1, 0.15) is 40.9 Å². The van der Waals surface area contributed by atoms with Crippen molar-refractivity contribution in [1.29, 1.82) is 0 Å². The minimum absolute atomic E-state index is 0.00589. The Morgan fingerprint density at radius 2 is 1.97 bits per heavy atom. The topological polar surface area (TPSA) is 142 Å². The van der Waals surface area contributed by atoms with E-state index in [1.807, 2.05) is 0 Å². The van der Waals surface area contributed by atoms with Gasteiger partial charge in [-0.05, 0) is 60.7 Å². The highest BCUT2D eigenvalue weighted by Gasteiger charge is 2.29. The van der Waals surface area contributed by atoms with Crippen LogP contribution >= 0.6 is 11.8 Å². The first-order valence-electron chi connectivity index (χ1n) is 11.1. The Bertz CT molecular complexity index is 1350. The number of aromatic nitrogens is 4. The number of nitrogens with two attached hydrogens (primary N) is 1. The number of nitrogens with one attached hydrogen (secondary N) is 1. The Hall–Kier alpha value is -3.01. The maximum absolute atomic E-state index is 13.2. The first-order valence-corrected chi connectivity index (χ1v) is 13.4. The van der Waals surface area contributed by atoms with Crippen molar-refractivity contribution in [1.82, 2.24) is 19.7 Å². The Labute approximate surface area is 215 Å². The molecule has 0 amide bonds. The molecule has 1 aromatic carbocycles. The van der Waals surface area contributed by atoms with E-state index in [2.05, 4.69) is 24.6 Å². The van der Waals surface area contributed by atoms with Gasteiger partial charge in [0, 0.05) is 23.3 Å². The molecule has 0 unspecified atom stereocenters.